The van der Waals surface area contributed by atoms with Gasteiger partial charge in [-0.3, -0.25) is 0 Å². The number of ether oxygens (including phenoxy) is 2. The first-order valence-electron chi connectivity index (χ1n) is 8.29. The fourth-order valence-electron chi connectivity index (χ4n) is 2.55. The highest BCUT2D eigenvalue weighted by Crippen LogP contribution is 2.29. The van der Waals surface area contributed by atoms with Crippen LogP contribution in [0.2, 0.25) is 5.02 Å². The van der Waals surface area contributed by atoms with Crippen molar-refractivity contribution in [2.75, 3.05) is 13.2 Å². The number of nitrogens with zero attached hydrogens (tertiary/aromatic N) is 1. The normalized spacial score (nSPS) is 15.0. The fraction of sp³-hybridized carbons (Fsp3) is 0.200. The minimum atomic E-state index is -0.508. The van der Waals surface area contributed by atoms with E-state index in [9.17, 15) is 4.79 Å². The molecule has 1 aliphatic heterocycles. The molecular formula is C20H18ClNO4. The highest BCUT2D eigenvalue weighted by molar-refractivity contribution is 6.32. The van der Waals surface area contributed by atoms with Crippen molar-refractivity contribution in [1.29, 1.82) is 0 Å². The highest BCUT2D eigenvalue weighted by Gasteiger charge is 2.27. The maximum atomic E-state index is 12.2. The average molecular weight is 372 g/mol. The van der Waals surface area contributed by atoms with Crippen molar-refractivity contribution in [3.05, 3.63) is 64.2 Å². The summed E-state index contributed by atoms with van der Waals surface area (Å²) in [5.41, 5.74) is 2.31. The zero-order valence-corrected chi connectivity index (χ0v) is 15.2. The van der Waals surface area contributed by atoms with Crippen LogP contribution in [-0.2, 0) is 9.63 Å². The molecule has 0 spiro atoms. The lowest BCUT2D eigenvalue weighted by atomic mass is 10.0. The number of carbonyl (C=O) groups excluding carboxylic acids is 1. The van der Waals surface area contributed by atoms with Crippen LogP contribution in [0, 0.1) is 0 Å². The maximum absolute atomic E-state index is 12.2. The van der Waals surface area contributed by atoms with Gasteiger partial charge >= 0.3 is 5.97 Å². The van der Waals surface area contributed by atoms with Gasteiger partial charge in [-0.1, -0.05) is 28.9 Å². The van der Waals surface area contributed by atoms with Crippen molar-refractivity contribution < 1.29 is 19.1 Å². The zero-order valence-electron chi connectivity index (χ0n) is 14.5. The van der Waals surface area contributed by atoms with Crippen LogP contribution in [0.15, 0.2) is 53.2 Å². The Labute approximate surface area is 156 Å². The maximum Gasteiger partial charge on any atom is 0.368 e. The van der Waals surface area contributed by atoms with Gasteiger partial charge in [0.2, 0.25) is 0 Å². The first-order chi connectivity index (χ1) is 12.6. The van der Waals surface area contributed by atoms with Gasteiger partial charge < -0.3 is 14.3 Å². The van der Waals surface area contributed by atoms with E-state index >= 15 is 0 Å². The molecule has 2 aromatic rings. The van der Waals surface area contributed by atoms with Gasteiger partial charge in [0.25, 0.3) is 0 Å². The predicted octanol–water partition coefficient (Wildman–Crippen LogP) is 4.48. The third-order valence-electron chi connectivity index (χ3n) is 3.71. The molecule has 1 aliphatic rings. The van der Waals surface area contributed by atoms with E-state index in [0.717, 1.165) is 11.1 Å². The van der Waals surface area contributed by atoms with Gasteiger partial charge in [0.05, 0.1) is 18.8 Å². The van der Waals surface area contributed by atoms with Crippen LogP contribution in [0.3, 0.4) is 0 Å². The topological polar surface area (TPSA) is 57.1 Å². The monoisotopic (exact) mass is 371 g/mol. The Morgan fingerprint density at radius 1 is 1.08 bits per heavy atom. The summed E-state index contributed by atoms with van der Waals surface area (Å²) in [7, 11) is 0. The van der Waals surface area contributed by atoms with Crippen molar-refractivity contribution in [3.63, 3.8) is 0 Å². The first-order valence-corrected chi connectivity index (χ1v) is 8.67. The Morgan fingerprint density at radius 2 is 1.81 bits per heavy atom. The van der Waals surface area contributed by atoms with Crippen LogP contribution in [0.25, 0.3) is 6.08 Å². The van der Waals surface area contributed by atoms with E-state index < -0.39 is 5.97 Å². The average Bonchev–Trinajstić information content (AvgIpc) is 2.99. The summed E-state index contributed by atoms with van der Waals surface area (Å²) in [6.07, 6.45) is 1.71. The Bertz CT molecular complexity index is 872. The molecule has 0 amide bonds. The molecule has 0 fully saturated rings. The molecule has 0 aliphatic carbocycles. The number of benzene rings is 2. The standard InChI is InChI=1S/C20H18ClNO4/c1-3-24-16-10-7-14(18(12-16)25-4-2)11-17-19(22-26-20(17)23)13-5-8-15(21)9-6-13/h5-12H,3-4H2,1-2H3/b17-11+. The SMILES string of the molecule is CCOc1ccc(/C=C2/C(=O)ON=C2c2ccc(Cl)cc2)c(OCC)c1. The molecule has 134 valence electrons. The van der Waals surface area contributed by atoms with Crippen molar-refractivity contribution in [2.45, 2.75) is 13.8 Å². The summed E-state index contributed by atoms with van der Waals surface area (Å²) in [6.45, 7) is 4.87. The summed E-state index contributed by atoms with van der Waals surface area (Å²) < 4.78 is 11.2. The smallest absolute Gasteiger partial charge is 0.368 e. The molecule has 0 N–H and O–H groups in total. The molecule has 0 atom stereocenters. The summed E-state index contributed by atoms with van der Waals surface area (Å²) in [4.78, 5) is 17.1. The Morgan fingerprint density at radius 3 is 2.50 bits per heavy atom. The molecule has 2 aromatic carbocycles. The summed E-state index contributed by atoms with van der Waals surface area (Å²) >= 11 is 5.93. The molecular weight excluding hydrogens is 354 g/mol. The van der Waals surface area contributed by atoms with Crippen LogP contribution >= 0.6 is 11.6 Å². The Kier molecular flexibility index (Phi) is 5.58. The molecule has 0 radical (unpaired) electrons. The minimum absolute atomic E-state index is 0.359. The quantitative estimate of drug-likeness (QED) is 0.555. The molecule has 5 nitrogen and oxygen atoms in total. The van der Waals surface area contributed by atoms with Gasteiger partial charge in [0, 0.05) is 22.2 Å². The van der Waals surface area contributed by atoms with Crippen molar-refractivity contribution >= 4 is 29.4 Å². The van der Waals surface area contributed by atoms with Gasteiger partial charge in [0.15, 0.2) is 0 Å². The molecule has 0 aromatic heterocycles. The van der Waals surface area contributed by atoms with Gasteiger partial charge in [-0.25, -0.2) is 4.79 Å². The fourth-order valence-corrected chi connectivity index (χ4v) is 2.68. The van der Waals surface area contributed by atoms with Crippen molar-refractivity contribution in [3.8, 4) is 11.5 Å². The van der Waals surface area contributed by atoms with Crippen LogP contribution < -0.4 is 9.47 Å². The molecule has 6 heteroatoms. The summed E-state index contributed by atoms with van der Waals surface area (Å²) in [6, 6.07) is 12.5. The van der Waals surface area contributed by atoms with E-state index in [4.69, 9.17) is 25.9 Å². The lowest BCUT2D eigenvalue weighted by molar-refractivity contribution is -0.136. The van der Waals surface area contributed by atoms with E-state index in [2.05, 4.69) is 5.16 Å². The predicted molar refractivity (Wildman–Crippen MR) is 101 cm³/mol. The Hall–Kier alpha value is -2.79. The van der Waals surface area contributed by atoms with E-state index in [1.807, 2.05) is 26.0 Å². The second-order valence-electron chi connectivity index (χ2n) is 5.45. The molecule has 0 bridgehead atoms. The van der Waals surface area contributed by atoms with Crippen LogP contribution in [0.1, 0.15) is 25.0 Å². The van der Waals surface area contributed by atoms with Gasteiger partial charge in [-0.15, -0.1) is 0 Å². The minimum Gasteiger partial charge on any atom is -0.494 e. The van der Waals surface area contributed by atoms with Crippen molar-refractivity contribution in [1.82, 2.24) is 0 Å². The second-order valence-corrected chi connectivity index (χ2v) is 5.89. The van der Waals surface area contributed by atoms with Crippen LogP contribution in [-0.4, -0.2) is 24.9 Å². The second kappa shape index (κ2) is 8.06. The number of hydrogen-bond acceptors (Lipinski definition) is 5. The highest BCUT2D eigenvalue weighted by atomic mass is 35.5. The molecule has 26 heavy (non-hydrogen) atoms. The van der Waals surface area contributed by atoms with E-state index in [-0.39, 0.29) is 0 Å². The van der Waals surface area contributed by atoms with E-state index in [1.165, 1.54) is 0 Å². The molecule has 3 rings (SSSR count). The third-order valence-corrected chi connectivity index (χ3v) is 3.96. The van der Waals surface area contributed by atoms with Crippen LogP contribution in [0.5, 0.6) is 11.5 Å². The number of carbonyl (C=O) groups is 1. The van der Waals surface area contributed by atoms with E-state index in [1.54, 1.807) is 36.4 Å². The molecule has 0 saturated carbocycles. The molecule has 1 heterocycles. The van der Waals surface area contributed by atoms with Gasteiger partial charge in [-0.05, 0) is 44.2 Å². The molecule has 0 saturated heterocycles. The van der Waals surface area contributed by atoms with E-state index in [0.29, 0.717) is 41.0 Å². The zero-order chi connectivity index (χ0) is 18.5. The summed E-state index contributed by atoms with van der Waals surface area (Å²) in [5.74, 6) is 0.825. The largest absolute Gasteiger partial charge is 0.494 e. The lowest BCUT2D eigenvalue weighted by Crippen LogP contribution is -2.07. The third kappa shape index (κ3) is 3.89. The number of rotatable bonds is 6. The molecule has 0 unspecified atom stereocenters. The Balaban J connectivity index is 2.00. The first kappa shape index (κ1) is 18.0. The number of hydrogen-bond donors (Lipinski definition) is 0. The summed E-state index contributed by atoms with van der Waals surface area (Å²) in [5, 5.41) is 4.51. The lowest BCUT2D eigenvalue weighted by Gasteiger charge is -2.11. The van der Waals surface area contributed by atoms with Crippen LogP contribution in [0.4, 0.5) is 0 Å². The van der Waals surface area contributed by atoms with Gasteiger partial charge in [0.1, 0.15) is 17.2 Å². The van der Waals surface area contributed by atoms with Gasteiger partial charge in [-0.2, -0.15) is 0 Å². The number of oxime groups is 1. The van der Waals surface area contributed by atoms with Crippen molar-refractivity contribution in [2.24, 2.45) is 5.16 Å². The number of halogens is 1.